The van der Waals surface area contributed by atoms with Crippen LogP contribution in [0.5, 0.6) is 0 Å². The van der Waals surface area contributed by atoms with Gasteiger partial charge in [-0.2, -0.15) is 0 Å². The second-order valence-electron chi connectivity index (χ2n) is 5.57. The van der Waals surface area contributed by atoms with E-state index in [2.05, 4.69) is 26.2 Å². The van der Waals surface area contributed by atoms with Crippen LogP contribution in [0.4, 0.5) is 5.69 Å². The molecule has 27 heavy (non-hydrogen) atoms. The SMILES string of the molecule is O=C(Nc1ccc(Sc2ccc(Br)cc2)cc1)c1cnc2sccn2c1=O. The Bertz CT molecular complexity index is 1170. The van der Waals surface area contributed by atoms with Crippen molar-refractivity contribution in [2.24, 2.45) is 0 Å². The molecule has 0 aliphatic carbocycles. The van der Waals surface area contributed by atoms with Crippen LogP contribution in [-0.2, 0) is 0 Å². The zero-order valence-corrected chi connectivity index (χ0v) is 17.0. The predicted molar refractivity (Wildman–Crippen MR) is 112 cm³/mol. The molecule has 0 spiro atoms. The molecule has 0 unspecified atom stereocenters. The van der Waals surface area contributed by atoms with Crippen molar-refractivity contribution in [2.45, 2.75) is 9.79 Å². The lowest BCUT2D eigenvalue weighted by molar-refractivity contribution is 0.102. The summed E-state index contributed by atoms with van der Waals surface area (Å²) in [5, 5.41) is 4.51. The minimum Gasteiger partial charge on any atom is -0.322 e. The number of aromatic nitrogens is 2. The van der Waals surface area contributed by atoms with Crippen molar-refractivity contribution in [3.05, 3.63) is 86.7 Å². The first kappa shape index (κ1) is 18.0. The molecule has 0 saturated carbocycles. The molecule has 4 rings (SSSR count). The summed E-state index contributed by atoms with van der Waals surface area (Å²) in [6.45, 7) is 0. The van der Waals surface area contributed by atoms with E-state index in [4.69, 9.17) is 0 Å². The van der Waals surface area contributed by atoms with Gasteiger partial charge in [-0.25, -0.2) is 4.98 Å². The maximum atomic E-state index is 12.4. The van der Waals surface area contributed by atoms with Crippen LogP contribution in [0.1, 0.15) is 10.4 Å². The van der Waals surface area contributed by atoms with Crippen LogP contribution in [0.15, 0.2) is 85.4 Å². The number of benzene rings is 2. The molecule has 2 heterocycles. The molecule has 0 radical (unpaired) electrons. The van der Waals surface area contributed by atoms with Gasteiger partial charge >= 0.3 is 0 Å². The minimum absolute atomic E-state index is 0.0132. The summed E-state index contributed by atoms with van der Waals surface area (Å²) in [6.07, 6.45) is 2.93. The van der Waals surface area contributed by atoms with E-state index >= 15 is 0 Å². The average Bonchev–Trinajstić information content (AvgIpc) is 3.15. The van der Waals surface area contributed by atoms with Crippen molar-refractivity contribution in [3.8, 4) is 0 Å². The quantitative estimate of drug-likeness (QED) is 0.472. The lowest BCUT2D eigenvalue weighted by Crippen LogP contribution is -2.25. The summed E-state index contributed by atoms with van der Waals surface area (Å²) in [4.78, 5) is 31.7. The van der Waals surface area contributed by atoms with Crippen LogP contribution < -0.4 is 10.9 Å². The number of hydrogen-bond donors (Lipinski definition) is 1. The smallest absolute Gasteiger partial charge is 0.271 e. The van der Waals surface area contributed by atoms with E-state index in [9.17, 15) is 9.59 Å². The molecule has 1 N–H and O–H groups in total. The molecular formula is C19H12BrN3O2S2. The summed E-state index contributed by atoms with van der Waals surface area (Å²) in [5.74, 6) is -0.471. The summed E-state index contributed by atoms with van der Waals surface area (Å²) in [6, 6.07) is 15.5. The van der Waals surface area contributed by atoms with Crippen molar-refractivity contribution in [1.29, 1.82) is 0 Å². The average molecular weight is 458 g/mol. The Kier molecular flexibility index (Phi) is 5.11. The fourth-order valence-corrected chi connectivity index (χ4v) is 4.18. The number of halogens is 1. The third-order valence-corrected chi connectivity index (χ3v) is 6.06. The Morgan fingerprint density at radius 2 is 1.74 bits per heavy atom. The van der Waals surface area contributed by atoms with Crippen LogP contribution in [0.25, 0.3) is 4.96 Å². The van der Waals surface area contributed by atoms with E-state index in [1.807, 2.05) is 48.5 Å². The zero-order chi connectivity index (χ0) is 18.8. The minimum atomic E-state index is -0.471. The van der Waals surface area contributed by atoms with E-state index in [0.29, 0.717) is 10.6 Å². The van der Waals surface area contributed by atoms with Crippen molar-refractivity contribution in [3.63, 3.8) is 0 Å². The number of carbonyl (C=O) groups is 1. The Morgan fingerprint density at radius 1 is 1.07 bits per heavy atom. The van der Waals surface area contributed by atoms with Gasteiger partial charge in [0.05, 0.1) is 0 Å². The Hall–Kier alpha value is -2.42. The Morgan fingerprint density at radius 3 is 2.44 bits per heavy atom. The highest BCUT2D eigenvalue weighted by atomic mass is 79.9. The predicted octanol–water partition coefficient (Wildman–Crippen LogP) is 4.92. The first-order valence-corrected chi connectivity index (χ1v) is 10.4. The van der Waals surface area contributed by atoms with Crippen LogP contribution >= 0.6 is 39.0 Å². The number of nitrogens with zero attached hydrogens (tertiary/aromatic N) is 2. The maximum Gasteiger partial charge on any atom is 0.271 e. The Balaban J connectivity index is 1.49. The monoisotopic (exact) mass is 457 g/mol. The molecular weight excluding hydrogens is 446 g/mol. The number of hydrogen-bond acceptors (Lipinski definition) is 5. The first-order valence-electron chi connectivity index (χ1n) is 7.90. The number of nitrogens with one attached hydrogen (secondary N) is 1. The van der Waals surface area contributed by atoms with Crippen LogP contribution in [0.2, 0.25) is 0 Å². The number of amides is 1. The van der Waals surface area contributed by atoms with Crippen LogP contribution in [0, 0.1) is 0 Å². The van der Waals surface area contributed by atoms with Crippen molar-refractivity contribution < 1.29 is 4.79 Å². The number of fused-ring (bicyclic) bond motifs is 1. The fourth-order valence-electron chi connectivity index (χ4n) is 2.42. The standard InChI is InChI=1S/C19H12BrN3O2S2/c20-12-1-5-14(6-2-12)27-15-7-3-13(4-8-15)22-17(24)16-11-21-19-23(18(16)25)9-10-26-19/h1-11H,(H,22,24). The van der Waals surface area contributed by atoms with Gasteiger partial charge in [0.2, 0.25) is 0 Å². The number of carbonyl (C=O) groups excluding carboxylic acids is 1. The molecule has 0 bridgehead atoms. The van der Waals surface area contributed by atoms with Crippen molar-refractivity contribution >= 4 is 55.6 Å². The van der Waals surface area contributed by atoms with Crippen molar-refractivity contribution in [2.75, 3.05) is 5.32 Å². The van der Waals surface area contributed by atoms with E-state index in [0.717, 1.165) is 14.3 Å². The topological polar surface area (TPSA) is 63.5 Å². The highest BCUT2D eigenvalue weighted by molar-refractivity contribution is 9.10. The fraction of sp³-hybridized carbons (Fsp3) is 0. The van der Waals surface area contributed by atoms with Crippen LogP contribution in [-0.4, -0.2) is 15.3 Å². The van der Waals surface area contributed by atoms with Gasteiger partial charge in [0, 0.05) is 37.7 Å². The number of thiazole rings is 1. The lowest BCUT2D eigenvalue weighted by Gasteiger charge is -2.07. The molecule has 0 saturated heterocycles. The van der Waals surface area contributed by atoms with Crippen LogP contribution in [0.3, 0.4) is 0 Å². The molecule has 0 aliphatic rings. The maximum absolute atomic E-state index is 12.4. The van der Waals surface area contributed by atoms with Gasteiger partial charge in [-0.1, -0.05) is 27.7 Å². The van der Waals surface area contributed by atoms with E-state index in [-0.39, 0.29) is 11.1 Å². The van der Waals surface area contributed by atoms with E-state index in [1.54, 1.807) is 23.3 Å². The summed E-state index contributed by atoms with van der Waals surface area (Å²) in [7, 11) is 0. The first-order chi connectivity index (χ1) is 13.1. The summed E-state index contributed by atoms with van der Waals surface area (Å²) < 4.78 is 2.41. The molecule has 2 aromatic carbocycles. The van der Waals surface area contributed by atoms with E-state index in [1.165, 1.54) is 21.9 Å². The molecule has 2 aromatic heterocycles. The van der Waals surface area contributed by atoms with Gasteiger partial charge in [0.1, 0.15) is 5.56 Å². The number of anilines is 1. The highest BCUT2D eigenvalue weighted by Crippen LogP contribution is 2.29. The van der Waals surface area contributed by atoms with Gasteiger partial charge in [-0.15, -0.1) is 11.3 Å². The number of rotatable bonds is 4. The third kappa shape index (κ3) is 3.97. The molecule has 4 aromatic rings. The second-order valence-corrected chi connectivity index (χ2v) is 8.50. The zero-order valence-electron chi connectivity index (χ0n) is 13.8. The van der Waals surface area contributed by atoms with Gasteiger partial charge in [-0.05, 0) is 48.5 Å². The van der Waals surface area contributed by atoms with Gasteiger partial charge in [0.15, 0.2) is 4.96 Å². The van der Waals surface area contributed by atoms with Gasteiger partial charge in [0.25, 0.3) is 11.5 Å². The molecule has 5 nitrogen and oxygen atoms in total. The lowest BCUT2D eigenvalue weighted by atomic mass is 10.2. The normalized spacial score (nSPS) is 10.9. The molecule has 0 aliphatic heterocycles. The van der Waals surface area contributed by atoms with Gasteiger partial charge in [-0.3, -0.25) is 14.0 Å². The third-order valence-electron chi connectivity index (χ3n) is 3.75. The molecule has 0 fully saturated rings. The summed E-state index contributed by atoms with van der Waals surface area (Å²) in [5.41, 5.74) is 0.260. The highest BCUT2D eigenvalue weighted by Gasteiger charge is 2.14. The Labute approximate surface area is 171 Å². The second kappa shape index (κ2) is 7.67. The largest absolute Gasteiger partial charge is 0.322 e. The van der Waals surface area contributed by atoms with E-state index < -0.39 is 5.91 Å². The molecule has 1 amide bonds. The molecule has 0 atom stereocenters. The molecule has 134 valence electrons. The van der Waals surface area contributed by atoms with Gasteiger partial charge < -0.3 is 5.32 Å². The van der Waals surface area contributed by atoms with Crippen molar-refractivity contribution in [1.82, 2.24) is 9.38 Å². The summed E-state index contributed by atoms with van der Waals surface area (Å²) >= 11 is 6.39. The molecule has 8 heteroatoms.